The standard InChI is InChI=1S/C25H33Br/c1-9-25(10-2)19-12-11-16(26)13-17(19)18-14-21(23(3,4)5)22(15-20(18)25)24(6,7)8/h11-15H,9-10H2,1-8H3. The normalized spacial score (nSPS) is 15.7. The maximum Gasteiger partial charge on any atom is 0.0210 e. The molecule has 0 amide bonds. The van der Waals surface area contributed by atoms with Crippen molar-refractivity contribution in [2.45, 2.75) is 84.5 Å². The van der Waals surface area contributed by atoms with Crippen molar-refractivity contribution in [2.75, 3.05) is 0 Å². The molecule has 0 fully saturated rings. The lowest BCUT2D eigenvalue weighted by Crippen LogP contribution is -2.26. The smallest absolute Gasteiger partial charge is 0.0210 e. The zero-order valence-corrected chi connectivity index (χ0v) is 19.3. The van der Waals surface area contributed by atoms with Crippen molar-refractivity contribution in [3.63, 3.8) is 0 Å². The Hall–Kier alpha value is -1.08. The van der Waals surface area contributed by atoms with Crippen LogP contribution in [0, 0.1) is 0 Å². The summed E-state index contributed by atoms with van der Waals surface area (Å²) in [5.74, 6) is 0. The zero-order chi connectivity index (χ0) is 19.5. The lowest BCUT2D eigenvalue weighted by atomic mass is 9.69. The first-order valence-electron chi connectivity index (χ1n) is 9.95. The van der Waals surface area contributed by atoms with E-state index in [0.29, 0.717) is 0 Å². The van der Waals surface area contributed by atoms with E-state index in [1.54, 1.807) is 0 Å². The topological polar surface area (TPSA) is 0 Å². The van der Waals surface area contributed by atoms with Crippen LogP contribution in [0.4, 0.5) is 0 Å². The molecule has 26 heavy (non-hydrogen) atoms. The first kappa shape index (κ1) is 19.7. The van der Waals surface area contributed by atoms with Crippen molar-refractivity contribution in [3.05, 3.63) is 57.1 Å². The second-order valence-corrected chi connectivity index (χ2v) is 10.8. The van der Waals surface area contributed by atoms with Gasteiger partial charge in [-0.3, -0.25) is 0 Å². The Bertz CT molecular complexity index is 840. The van der Waals surface area contributed by atoms with Crippen molar-refractivity contribution in [3.8, 4) is 11.1 Å². The summed E-state index contributed by atoms with van der Waals surface area (Å²) in [6.07, 6.45) is 2.28. The molecule has 0 bridgehead atoms. The number of fused-ring (bicyclic) bond motifs is 3. The zero-order valence-electron chi connectivity index (χ0n) is 17.7. The van der Waals surface area contributed by atoms with Crippen LogP contribution in [0.2, 0.25) is 0 Å². The third-order valence-electron chi connectivity index (χ3n) is 6.28. The van der Waals surface area contributed by atoms with Crippen molar-refractivity contribution in [2.24, 2.45) is 0 Å². The van der Waals surface area contributed by atoms with E-state index < -0.39 is 0 Å². The van der Waals surface area contributed by atoms with Gasteiger partial charge in [0.1, 0.15) is 0 Å². The summed E-state index contributed by atoms with van der Waals surface area (Å²) in [5, 5.41) is 0. The quantitative estimate of drug-likeness (QED) is 0.466. The molecule has 2 aromatic rings. The maximum atomic E-state index is 3.70. The van der Waals surface area contributed by atoms with Crippen LogP contribution in [0.1, 0.15) is 90.5 Å². The van der Waals surface area contributed by atoms with Gasteiger partial charge in [-0.1, -0.05) is 89.5 Å². The molecule has 3 rings (SSSR count). The van der Waals surface area contributed by atoms with Crippen molar-refractivity contribution in [1.29, 1.82) is 0 Å². The Labute approximate surface area is 168 Å². The molecule has 0 aliphatic heterocycles. The molecule has 1 heteroatoms. The van der Waals surface area contributed by atoms with E-state index in [1.165, 1.54) is 37.9 Å². The first-order chi connectivity index (χ1) is 12.0. The minimum atomic E-state index is 0.132. The minimum absolute atomic E-state index is 0.132. The van der Waals surface area contributed by atoms with Crippen LogP contribution in [0.3, 0.4) is 0 Å². The Morgan fingerprint density at radius 3 is 1.73 bits per heavy atom. The highest BCUT2D eigenvalue weighted by atomic mass is 79.9. The monoisotopic (exact) mass is 412 g/mol. The summed E-state index contributed by atoms with van der Waals surface area (Å²) in [6, 6.07) is 11.9. The van der Waals surface area contributed by atoms with E-state index in [1.807, 2.05) is 0 Å². The Morgan fingerprint density at radius 2 is 1.23 bits per heavy atom. The highest BCUT2D eigenvalue weighted by Crippen LogP contribution is 2.55. The molecular weight excluding hydrogens is 380 g/mol. The Morgan fingerprint density at radius 1 is 0.731 bits per heavy atom. The molecule has 0 spiro atoms. The first-order valence-corrected chi connectivity index (χ1v) is 10.7. The van der Waals surface area contributed by atoms with Crippen LogP contribution in [0.25, 0.3) is 11.1 Å². The van der Waals surface area contributed by atoms with E-state index in [0.717, 1.165) is 12.8 Å². The van der Waals surface area contributed by atoms with Gasteiger partial charge in [0, 0.05) is 9.89 Å². The number of halogens is 1. The van der Waals surface area contributed by atoms with Crippen molar-refractivity contribution >= 4 is 15.9 Å². The summed E-state index contributed by atoms with van der Waals surface area (Å²) >= 11 is 3.70. The van der Waals surface area contributed by atoms with Crippen molar-refractivity contribution in [1.82, 2.24) is 0 Å². The SMILES string of the molecule is CCC1(CC)c2ccc(Br)cc2-c2cc(C(C)(C)C)c(C(C)(C)C)cc21. The van der Waals surface area contributed by atoms with Crippen molar-refractivity contribution < 1.29 is 0 Å². The lowest BCUT2D eigenvalue weighted by molar-refractivity contribution is 0.484. The third-order valence-corrected chi connectivity index (χ3v) is 6.78. The molecule has 0 radical (unpaired) electrons. The largest absolute Gasteiger partial charge is 0.0642 e. The summed E-state index contributed by atoms with van der Waals surface area (Å²) in [7, 11) is 0. The molecule has 0 unspecified atom stereocenters. The summed E-state index contributed by atoms with van der Waals surface area (Å²) < 4.78 is 1.17. The second kappa shape index (κ2) is 6.23. The molecule has 0 nitrogen and oxygen atoms in total. The lowest BCUT2D eigenvalue weighted by Gasteiger charge is -2.34. The van der Waals surface area contributed by atoms with Crippen LogP contribution in [0.15, 0.2) is 34.8 Å². The van der Waals surface area contributed by atoms with E-state index in [2.05, 4.69) is 102 Å². The van der Waals surface area contributed by atoms with Gasteiger partial charge in [-0.25, -0.2) is 0 Å². The maximum absolute atomic E-state index is 3.70. The van der Waals surface area contributed by atoms with Gasteiger partial charge >= 0.3 is 0 Å². The predicted octanol–water partition coefficient (Wildman–Crippen LogP) is 8.13. The van der Waals surface area contributed by atoms with Gasteiger partial charge in [-0.05, 0) is 69.2 Å². The summed E-state index contributed by atoms with van der Waals surface area (Å²) in [5.41, 5.74) is 9.31. The average Bonchev–Trinajstić information content (AvgIpc) is 2.81. The Kier molecular flexibility index (Phi) is 4.71. The van der Waals surface area contributed by atoms with Crippen LogP contribution in [-0.2, 0) is 16.2 Å². The summed E-state index contributed by atoms with van der Waals surface area (Å²) in [6.45, 7) is 18.8. The fraction of sp³-hybridized carbons (Fsp3) is 0.520. The van der Waals surface area contributed by atoms with Gasteiger partial charge in [-0.15, -0.1) is 0 Å². The van der Waals surface area contributed by atoms with E-state index in [9.17, 15) is 0 Å². The van der Waals surface area contributed by atoms with Crippen LogP contribution in [-0.4, -0.2) is 0 Å². The minimum Gasteiger partial charge on any atom is -0.0642 e. The number of benzene rings is 2. The van der Waals surface area contributed by atoms with E-state index in [4.69, 9.17) is 0 Å². The van der Waals surface area contributed by atoms with Gasteiger partial charge in [-0.2, -0.15) is 0 Å². The van der Waals surface area contributed by atoms with Gasteiger partial charge in [0.05, 0.1) is 0 Å². The average molecular weight is 413 g/mol. The van der Waals surface area contributed by atoms with Gasteiger partial charge in [0.15, 0.2) is 0 Å². The number of hydrogen-bond donors (Lipinski definition) is 0. The molecule has 0 saturated carbocycles. The molecule has 0 saturated heterocycles. The predicted molar refractivity (Wildman–Crippen MR) is 118 cm³/mol. The number of hydrogen-bond acceptors (Lipinski definition) is 0. The molecule has 0 aromatic heterocycles. The molecule has 1 aliphatic carbocycles. The third kappa shape index (κ3) is 2.87. The molecule has 140 valence electrons. The molecule has 0 N–H and O–H groups in total. The highest BCUT2D eigenvalue weighted by molar-refractivity contribution is 9.10. The summed E-state index contributed by atoms with van der Waals surface area (Å²) in [4.78, 5) is 0. The second-order valence-electron chi connectivity index (χ2n) is 9.92. The molecule has 1 aliphatic rings. The van der Waals surface area contributed by atoms with Gasteiger partial charge in [0.2, 0.25) is 0 Å². The van der Waals surface area contributed by atoms with Crippen LogP contribution in [0.5, 0.6) is 0 Å². The number of rotatable bonds is 2. The molecular formula is C25H33Br. The Balaban J connectivity index is 2.44. The van der Waals surface area contributed by atoms with Crippen LogP contribution < -0.4 is 0 Å². The van der Waals surface area contributed by atoms with E-state index in [-0.39, 0.29) is 16.2 Å². The highest BCUT2D eigenvalue weighted by Gasteiger charge is 2.42. The molecule has 0 heterocycles. The van der Waals surface area contributed by atoms with Gasteiger partial charge < -0.3 is 0 Å². The fourth-order valence-electron chi connectivity index (χ4n) is 4.77. The fourth-order valence-corrected chi connectivity index (χ4v) is 5.13. The molecule has 0 atom stereocenters. The van der Waals surface area contributed by atoms with E-state index >= 15 is 0 Å². The molecule has 2 aromatic carbocycles. The van der Waals surface area contributed by atoms with Gasteiger partial charge in [0.25, 0.3) is 0 Å². The van der Waals surface area contributed by atoms with Crippen LogP contribution >= 0.6 is 15.9 Å².